The molecule has 25 heavy (non-hydrogen) atoms. The van der Waals surface area contributed by atoms with E-state index in [4.69, 9.17) is 10.5 Å². The van der Waals surface area contributed by atoms with Crippen LogP contribution in [0.25, 0.3) is 0 Å². The molecular weight excluding hydrogens is 322 g/mol. The number of amides is 1. The number of carbonyl (C=O) groups excluding carboxylic acids is 1. The molecule has 2 heterocycles. The molecule has 2 unspecified atom stereocenters. The van der Waals surface area contributed by atoms with Crippen molar-refractivity contribution in [2.45, 2.75) is 63.1 Å². The summed E-state index contributed by atoms with van der Waals surface area (Å²) in [6.45, 7) is 3.52. The number of nitrogens with two attached hydrogens (primary N) is 1. The fourth-order valence-electron chi connectivity index (χ4n) is 3.44. The Labute approximate surface area is 147 Å². The minimum Gasteiger partial charge on any atom is -0.393 e. The summed E-state index contributed by atoms with van der Waals surface area (Å²) in [6.07, 6.45) is 6.20. The van der Waals surface area contributed by atoms with Crippen LogP contribution >= 0.6 is 0 Å². The summed E-state index contributed by atoms with van der Waals surface area (Å²) >= 11 is 0. The highest BCUT2D eigenvalue weighted by atomic mass is 16.5. The normalized spacial score (nSPS) is 26.0. The summed E-state index contributed by atoms with van der Waals surface area (Å²) in [5.74, 6) is 0.329. The van der Waals surface area contributed by atoms with Crippen LogP contribution in [-0.4, -0.2) is 51.9 Å². The van der Waals surface area contributed by atoms with Crippen LogP contribution in [0.15, 0.2) is 6.20 Å². The van der Waals surface area contributed by atoms with Crippen LogP contribution < -0.4 is 16.4 Å². The van der Waals surface area contributed by atoms with Crippen LogP contribution in [0, 0.1) is 0 Å². The monoisotopic (exact) mass is 349 g/mol. The van der Waals surface area contributed by atoms with Crippen molar-refractivity contribution < 1.29 is 14.6 Å². The Hall–Kier alpha value is -1.93. The van der Waals surface area contributed by atoms with Gasteiger partial charge in [-0.2, -0.15) is 4.98 Å². The Balaban J connectivity index is 1.78. The number of primary amides is 1. The molecule has 0 bridgehead atoms. The minimum absolute atomic E-state index is 0.0725. The molecule has 2 atom stereocenters. The second-order valence-corrected chi connectivity index (χ2v) is 7.28. The lowest BCUT2D eigenvalue weighted by atomic mass is 9.93. The fourth-order valence-corrected chi connectivity index (χ4v) is 3.44. The Morgan fingerprint density at radius 1 is 1.40 bits per heavy atom. The molecule has 2 fully saturated rings. The zero-order valence-corrected chi connectivity index (χ0v) is 14.6. The molecule has 1 aromatic rings. The van der Waals surface area contributed by atoms with Gasteiger partial charge in [-0.3, -0.25) is 4.79 Å². The summed E-state index contributed by atoms with van der Waals surface area (Å²) in [4.78, 5) is 20.5. The van der Waals surface area contributed by atoms with E-state index in [0.29, 0.717) is 31.4 Å². The maximum absolute atomic E-state index is 11.7. The Bertz CT molecular complexity index is 618. The van der Waals surface area contributed by atoms with Crippen molar-refractivity contribution in [3.8, 4) is 0 Å². The highest BCUT2D eigenvalue weighted by Crippen LogP contribution is 2.26. The van der Waals surface area contributed by atoms with Crippen molar-refractivity contribution in [1.82, 2.24) is 9.97 Å². The van der Waals surface area contributed by atoms with E-state index in [1.807, 2.05) is 0 Å². The van der Waals surface area contributed by atoms with E-state index >= 15 is 0 Å². The highest BCUT2D eigenvalue weighted by Gasteiger charge is 2.29. The van der Waals surface area contributed by atoms with Crippen LogP contribution in [0.2, 0.25) is 0 Å². The number of carbonyl (C=O) groups is 1. The van der Waals surface area contributed by atoms with Crippen molar-refractivity contribution >= 4 is 17.7 Å². The maximum atomic E-state index is 11.7. The van der Waals surface area contributed by atoms with E-state index in [1.54, 1.807) is 0 Å². The molecule has 1 aliphatic carbocycles. The van der Waals surface area contributed by atoms with Crippen molar-refractivity contribution in [2.75, 3.05) is 23.8 Å². The van der Waals surface area contributed by atoms with Crippen LogP contribution in [0.5, 0.6) is 0 Å². The van der Waals surface area contributed by atoms with Crippen molar-refractivity contribution in [3.05, 3.63) is 11.8 Å². The molecule has 2 aliphatic rings. The average molecular weight is 349 g/mol. The molecule has 0 spiro atoms. The molecule has 0 radical (unpaired) electrons. The van der Waals surface area contributed by atoms with Crippen molar-refractivity contribution in [2.24, 2.45) is 5.73 Å². The summed E-state index contributed by atoms with van der Waals surface area (Å²) < 4.78 is 5.41. The third-order valence-electron chi connectivity index (χ3n) is 5.05. The van der Waals surface area contributed by atoms with Crippen LogP contribution in [-0.2, 0) is 4.74 Å². The average Bonchev–Trinajstić information content (AvgIpc) is 2.55. The van der Waals surface area contributed by atoms with Gasteiger partial charge in [0.25, 0.3) is 5.91 Å². The zero-order chi connectivity index (χ0) is 17.9. The quantitative estimate of drug-likeness (QED) is 0.631. The molecule has 8 heteroatoms. The number of rotatable bonds is 5. The Morgan fingerprint density at radius 3 is 2.84 bits per heavy atom. The predicted octanol–water partition coefficient (Wildman–Crippen LogP) is 1.27. The van der Waals surface area contributed by atoms with Gasteiger partial charge in [-0.05, 0) is 45.4 Å². The molecule has 1 aliphatic heterocycles. The number of nitrogens with zero attached hydrogens (tertiary/aromatic N) is 2. The number of hydrogen-bond acceptors (Lipinski definition) is 7. The number of ether oxygens (including phenoxy) is 1. The smallest absolute Gasteiger partial charge is 0.254 e. The molecule has 1 saturated heterocycles. The largest absolute Gasteiger partial charge is 0.393 e. The van der Waals surface area contributed by atoms with Gasteiger partial charge in [0.2, 0.25) is 5.95 Å². The predicted molar refractivity (Wildman–Crippen MR) is 94.5 cm³/mol. The van der Waals surface area contributed by atoms with Gasteiger partial charge < -0.3 is 26.2 Å². The van der Waals surface area contributed by atoms with Gasteiger partial charge in [0, 0.05) is 31.0 Å². The van der Waals surface area contributed by atoms with Gasteiger partial charge in [-0.15, -0.1) is 0 Å². The minimum atomic E-state index is -0.567. The molecule has 8 nitrogen and oxygen atoms in total. The van der Waals surface area contributed by atoms with Gasteiger partial charge >= 0.3 is 0 Å². The number of aliphatic hydroxyl groups excluding tert-OH is 1. The first-order valence-corrected chi connectivity index (χ1v) is 8.92. The summed E-state index contributed by atoms with van der Waals surface area (Å²) in [6, 6.07) is 0.0725. The second kappa shape index (κ2) is 7.53. The third-order valence-corrected chi connectivity index (χ3v) is 5.05. The lowest BCUT2D eigenvalue weighted by molar-refractivity contribution is 0.0656. The zero-order valence-electron chi connectivity index (χ0n) is 14.6. The summed E-state index contributed by atoms with van der Waals surface area (Å²) in [7, 11) is 0. The van der Waals surface area contributed by atoms with Gasteiger partial charge in [0.15, 0.2) is 0 Å². The maximum Gasteiger partial charge on any atom is 0.254 e. The van der Waals surface area contributed by atoms with E-state index in [9.17, 15) is 9.90 Å². The SMILES string of the molecule is CC1(Nc2ncc(C(N)=O)c(NC3CCCC(O)C3)n2)CCOCC1. The molecule has 3 rings (SSSR count). The first-order valence-electron chi connectivity index (χ1n) is 8.92. The van der Waals surface area contributed by atoms with Crippen LogP contribution in [0.4, 0.5) is 11.8 Å². The van der Waals surface area contributed by atoms with Gasteiger partial charge in [0.05, 0.1) is 11.7 Å². The topological polar surface area (TPSA) is 122 Å². The number of aliphatic hydroxyl groups is 1. The van der Waals surface area contributed by atoms with Gasteiger partial charge in [-0.25, -0.2) is 4.98 Å². The van der Waals surface area contributed by atoms with E-state index in [-0.39, 0.29) is 23.2 Å². The van der Waals surface area contributed by atoms with E-state index in [2.05, 4.69) is 27.5 Å². The number of hydrogen-bond donors (Lipinski definition) is 4. The van der Waals surface area contributed by atoms with E-state index in [0.717, 1.165) is 32.1 Å². The van der Waals surface area contributed by atoms with Crippen molar-refractivity contribution in [1.29, 1.82) is 0 Å². The molecular formula is C17H27N5O3. The molecule has 1 aromatic heterocycles. The lowest BCUT2D eigenvalue weighted by Gasteiger charge is -2.34. The molecule has 1 amide bonds. The Morgan fingerprint density at radius 2 is 2.16 bits per heavy atom. The molecule has 1 saturated carbocycles. The third kappa shape index (κ3) is 4.58. The number of nitrogens with one attached hydrogen (secondary N) is 2. The first-order chi connectivity index (χ1) is 12.0. The van der Waals surface area contributed by atoms with Gasteiger partial charge in [0.1, 0.15) is 5.82 Å². The van der Waals surface area contributed by atoms with Crippen molar-refractivity contribution in [3.63, 3.8) is 0 Å². The Kier molecular flexibility index (Phi) is 5.39. The van der Waals surface area contributed by atoms with Crippen LogP contribution in [0.3, 0.4) is 0 Å². The fraction of sp³-hybridized carbons (Fsp3) is 0.706. The number of aromatic nitrogens is 2. The second-order valence-electron chi connectivity index (χ2n) is 7.28. The molecule has 0 aromatic carbocycles. The van der Waals surface area contributed by atoms with E-state index in [1.165, 1.54) is 6.20 Å². The highest BCUT2D eigenvalue weighted by molar-refractivity contribution is 5.97. The number of anilines is 2. The first kappa shape index (κ1) is 17.9. The van der Waals surface area contributed by atoms with Gasteiger partial charge in [-0.1, -0.05) is 0 Å². The summed E-state index contributed by atoms with van der Waals surface area (Å²) in [5, 5.41) is 16.5. The standard InChI is InChI=1S/C17H27N5O3/c1-17(5-7-25-8-6-17)22-16-19-10-13(14(18)24)15(21-16)20-11-3-2-4-12(23)9-11/h10-12,23H,2-9H2,1H3,(H2,18,24)(H2,19,20,21,22). The molecule has 138 valence electrons. The summed E-state index contributed by atoms with van der Waals surface area (Å²) in [5.41, 5.74) is 5.59. The molecule has 5 N–H and O–H groups in total. The van der Waals surface area contributed by atoms with Crippen LogP contribution in [0.1, 0.15) is 55.8 Å². The van der Waals surface area contributed by atoms with E-state index < -0.39 is 5.91 Å². The lowest BCUT2D eigenvalue weighted by Crippen LogP contribution is -2.41.